The number of esters is 1. The summed E-state index contributed by atoms with van der Waals surface area (Å²) < 4.78 is 6.01. The summed E-state index contributed by atoms with van der Waals surface area (Å²) in [4.78, 5) is 27.4. The molecule has 160 valence electrons. The van der Waals surface area contributed by atoms with E-state index in [9.17, 15) is 9.59 Å². The van der Waals surface area contributed by atoms with Crippen molar-refractivity contribution in [2.75, 3.05) is 12.4 Å². The predicted octanol–water partition coefficient (Wildman–Crippen LogP) is 2.75. The molecular formula is C24H24N2O4S. The second-order valence-corrected chi connectivity index (χ2v) is 8.44. The van der Waals surface area contributed by atoms with Crippen LogP contribution in [0, 0.1) is 0 Å². The van der Waals surface area contributed by atoms with Crippen LogP contribution in [0.1, 0.15) is 23.7 Å². The third-order valence-electron chi connectivity index (χ3n) is 5.28. The number of aliphatic hydroxyl groups excluding tert-OH is 1. The van der Waals surface area contributed by atoms with Crippen LogP contribution in [-0.4, -0.2) is 45.7 Å². The summed E-state index contributed by atoms with van der Waals surface area (Å²) in [7, 11) is 0. The van der Waals surface area contributed by atoms with Gasteiger partial charge in [0.2, 0.25) is 5.91 Å². The van der Waals surface area contributed by atoms with E-state index in [0.29, 0.717) is 17.7 Å². The van der Waals surface area contributed by atoms with Crippen molar-refractivity contribution in [2.24, 2.45) is 5.73 Å². The summed E-state index contributed by atoms with van der Waals surface area (Å²) in [6.45, 7) is 0.0108. The van der Waals surface area contributed by atoms with E-state index in [1.165, 1.54) is 16.7 Å². The molecule has 4 rings (SSSR count). The van der Waals surface area contributed by atoms with Gasteiger partial charge in [0.1, 0.15) is 17.1 Å². The maximum Gasteiger partial charge on any atom is 0.356 e. The van der Waals surface area contributed by atoms with Crippen LogP contribution >= 0.6 is 11.8 Å². The van der Waals surface area contributed by atoms with Gasteiger partial charge in [-0.15, -0.1) is 11.8 Å². The molecule has 1 fully saturated rings. The monoisotopic (exact) mass is 436 g/mol. The second-order valence-electron chi connectivity index (χ2n) is 7.33. The SMILES string of the molecule is N[C@@H]1C(=O)N2C(C(=O)OC(c3ccccc3)c3ccccc3)=C(/C=C/CCO)CS[C@H]12. The van der Waals surface area contributed by atoms with Crippen molar-refractivity contribution in [1.82, 2.24) is 4.90 Å². The molecular weight excluding hydrogens is 412 g/mol. The zero-order valence-corrected chi connectivity index (χ0v) is 17.7. The van der Waals surface area contributed by atoms with Crippen molar-refractivity contribution in [3.8, 4) is 0 Å². The fourth-order valence-corrected chi connectivity index (χ4v) is 4.97. The Morgan fingerprint density at radius 2 is 1.77 bits per heavy atom. The topological polar surface area (TPSA) is 92.9 Å². The van der Waals surface area contributed by atoms with Crippen LogP contribution in [0.3, 0.4) is 0 Å². The fourth-order valence-electron chi connectivity index (χ4n) is 3.70. The lowest BCUT2D eigenvalue weighted by Gasteiger charge is -2.48. The number of carbonyl (C=O) groups excluding carboxylic acids is 2. The van der Waals surface area contributed by atoms with E-state index >= 15 is 0 Å². The lowest BCUT2D eigenvalue weighted by molar-refractivity contribution is -0.153. The van der Waals surface area contributed by atoms with Gasteiger partial charge >= 0.3 is 5.97 Å². The van der Waals surface area contributed by atoms with Crippen molar-refractivity contribution in [3.05, 3.63) is 95.2 Å². The molecule has 1 amide bonds. The molecule has 0 saturated carbocycles. The first-order valence-electron chi connectivity index (χ1n) is 10.1. The van der Waals surface area contributed by atoms with Gasteiger partial charge in [0, 0.05) is 12.4 Å². The van der Waals surface area contributed by atoms with Gasteiger partial charge in [0.05, 0.1) is 0 Å². The number of nitrogens with zero attached hydrogens (tertiary/aromatic N) is 1. The van der Waals surface area contributed by atoms with E-state index in [0.717, 1.165) is 11.1 Å². The van der Waals surface area contributed by atoms with E-state index in [2.05, 4.69) is 0 Å². The number of hydrogen-bond acceptors (Lipinski definition) is 6. The zero-order valence-electron chi connectivity index (χ0n) is 16.9. The zero-order chi connectivity index (χ0) is 21.8. The number of ether oxygens (including phenoxy) is 1. The second kappa shape index (κ2) is 9.51. The molecule has 7 heteroatoms. The van der Waals surface area contributed by atoms with Crippen molar-refractivity contribution in [3.63, 3.8) is 0 Å². The highest BCUT2D eigenvalue weighted by Gasteiger charge is 2.52. The molecule has 3 N–H and O–H groups in total. The van der Waals surface area contributed by atoms with E-state index < -0.39 is 18.1 Å². The minimum atomic E-state index is -0.616. The van der Waals surface area contributed by atoms with E-state index in [4.69, 9.17) is 15.6 Å². The molecule has 2 aromatic carbocycles. The number of amides is 1. The minimum Gasteiger partial charge on any atom is -0.448 e. The Kier molecular flexibility index (Phi) is 6.56. The number of allylic oxidation sites excluding steroid dienone is 1. The molecule has 0 aliphatic carbocycles. The number of β-lactam (4-membered cyclic amide) rings is 1. The lowest BCUT2D eigenvalue weighted by atomic mass is 10.0. The highest BCUT2D eigenvalue weighted by atomic mass is 32.2. The number of thioether (sulfide) groups is 1. The van der Waals surface area contributed by atoms with E-state index in [1.807, 2.05) is 60.7 Å². The number of carbonyl (C=O) groups is 2. The highest BCUT2D eigenvalue weighted by molar-refractivity contribution is 8.00. The molecule has 0 unspecified atom stereocenters. The lowest BCUT2D eigenvalue weighted by Crippen LogP contribution is -2.68. The molecule has 2 atom stereocenters. The maximum absolute atomic E-state index is 13.4. The van der Waals surface area contributed by atoms with Gasteiger partial charge in [-0.1, -0.05) is 72.8 Å². The van der Waals surface area contributed by atoms with Gasteiger partial charge in [0.15, 0.2) is 6.10 Å². The van der Waals surface area contributed by atoms with Gasteiger partial charge < -0.3 is 15.6 Å². The summed E-state index contributed by atoms with van der Waals surface area (Å²) >= 11 is 1.52. The Morgan fingerprint density at radius 3 is 2.35 bits per heavy atom. The van der Waals surface area contributed by atoms with Crippen LogP contribution in [0.2, 0.25) is 0 Å². The van der Waals surface area contributed by atoms with Crippen LogP contribution in [-0.2, 0) is 14.3 Å². The van der Waals surface area contributed by atoms with Crippen LogP contribution < -0.4 is 5.73 Å². The average Bonchev–Trinajstić information content (AvgIpc) is 2.82. The molecule has 2 aromatic rings. The molecule has 31 heavy (non-hydrogen) atoms. The standard InChI is InChI=1S/C24H24N2O4S/c25-19-22(28)26-20(18(13-7-8-14-27)15-31-23(19)26)24(29)30-21(16-9-3-1-4-10-16)17-11-5-2-6-12-17/h1-7,9-13,19,21,23,27H,8,14-15,25H2/b13-7+/t19-,23-/m1/s1. The van der Waals surface area contributed by atoms with Gasteiger partial charge in [0.25, 0.3) is 0 Å². The van der Waals surface area contributed by atoms with Crippen molar-refractivity contribution in [2.45, 2.75) is 23.9 Å². The normalized spacial score (nSPS) is 20.7. The van der Waals surface area contributed by atoms with E-state index in [-0.39, 0.29) is 23.6 Å². The first-order chi connectivity index (χ1) is 15.1. The molecule has 1 saturated heterocycles. The summed E-state index contributed by atoms with van der Waals surface area (Å²) in [5.74, 6) is -0.310. The van der Waals surface area contributed by atoms with Crippen molar-refractivity contribution < 1.29 is 19.4 Å². The third-order valence-corrected chi connectivity index (χ3v) is 6.60. The number of benzene rings is 2. The molecule has 0 bridgehead atoms. The Labute approximate surface area is 185 Å². The summed E-state index contributed by atoms with van der Waals surface area (Å²) in [5.41, 5.74) is 8.57. The average molecular weight is 437 g/mol. The van der Waals surface area contributed by atoms with E-state index in [1.54, 1.807) is 12.2 Å². The van der Waals surface area contributed by atoms with Gasteiger partial charge in [-0.2, -0.15) is 0 Å². The van der Waals surface area contributed by atoms with Crippen LogP contribution in [0.5, 0.6) is 0 Å². The van der Waals surface area contributed by atoms with Crippen molar-refractivity contribution >= 4 is 23.6 Å². The quantitative estimate of drug-likeness (QED) is 0.512. The molecule has 0 radical (unpaired) electrons. The number of hydrogen-bond donors (Lipinski definition) is 2. The number of rotatable bonds is 7. The Bertz CT molecular complexity index is 967. The predicted molar refractivity (Wildman–Crippen MR) is 120 cm³/mol. The maximum atomic E-state index is 13.4. The molecule has 6 nitrogen and oxygen atoms in total. The van der Waals surface area contributed by atoms with Crippen LogP contribution in [0.4, 0.5) is 0 Å². The Morgan fingerprint density at radius 1 is 1.16 bits per heavy atom. The first kappa shape index (κ1) is 21.4. The Hall–Kier alpha value is -2.87. The van der Waals surface area contributed by atoms with Crippen molar-refractivity contribution in [1.29, 1.82) is 0 Å². The largest absolute Gasteiger partial charge is 0.448 e. The molecule has 2 aliphatic rings. The molecule has 0 spiro atoms. The Balaban J connectivity index is 1.69. The number of fused-ring (bicyclic) bond motifs is 1. The van der Waals surface area contributed by atoms with Crippen LogP contribution in [0.15, 0.2) is 84.1 Å². The van der Waals surface area contributed by atoms with Gasteiger partial charge in [-0.3, -0.25) is 9.69 Å². The smallest absolute Gasteiger partial charge is 0.356 e. The minimum absolute atomic E-state index is 0.0108. The number of aliphatic hydroxyl groups is 1. The summed E-state index contributed by atoms with van der Waals surface area (Å²) in [6.07, 6.45) is 3.43. The summed E-state index contributed by atoms with van der Waals surface area (Å²) in [6, 6.07) is 18.4. The molecule has 0 aromatic heterocycles. The highest BCUT2D eigenvalue weighted by Crippen LogP contribution is 2.41. The van der Waals surface area contributed by atoms with Crippen LogP contribution in [0.25, 0.3) is 0 Å². The first-order valence-corrected chi connectivity index (χ1v) is 11.2. The van der Waals surface area contributed by atoms with Gasteiger partial charge in [-0.25, -0.2) is 4.79 Å². The fraction of sp³-hybridized carbons (Fsp3) is 0.250. The third kappa shape index (κ3) is 4.30. The summed E-state index contributed by atoms with van der Waals surface area (Å²) in [5, 5.41) is 8.81. The van der Waals surface area contributed by atoms with Gasteiger partial charge in [-0.05, 0) is 23.1 Å². The molecule has 2 heterocycles. The number of nitrogens with two attached hydrogens (primary N) is 1. The molecule has 2 aliphatic heterocycles.